The predicted molar refractivity (Wildman–Crippen MR) is 122 cm³/mol. The predicted octanol–water partition coefficient (Wildman–Crippen LogP) is 1.79. The fourth-order valence-corrected chi connectivity index (χ4v) is 4.91. The molecule has 0 saturated carbocycles. The third-order valence-electron chi connectivity index (χ3n) is 6.61. The van der Waals surface area contributed by atoms with E-state index in [0.717, 1.165) is 32.7 Å². The number of piperazine rings is 2. The highest BCUT2D eigenvalue weighted by Gasteiger charge is 2.36. The molecule has 3 aliphatic heterocycles. The molecule has 2 aromatic rings. The van der Waals surface area contributed by atoms with Crippen LogP contribution >= 0.6 is 0 Å². The Bertz CT molecular complexity index is 888. The third-order valence-corrected chi connectivity index (χ3v) is 6.61. The van der Waals surface area contributed by atoms with Crippen molar-refractivity contribution in [1.29, 1.82) is 0 Å². The van der Waals surface area contributed by atoms with Crippen LogP contribution in [-0.2, 0) is 4.84 Å². The van der Waals surface area contributed by atoms with Gasteiger partial charge in [0.25, 0.3) is 0 Å². The summed E-state index contributed by atoms with van der Waals surface area (Å²) in [6.45, 7) is 6.59. The van der Waals surface area contributed by atoms with Crippen LogP contribution in [0.4, 0.5) is 5.69 Å². The lowest BCUT2D eigenvalue weighted by molar-refractivity contribution is -0.130. The van der Waals surface area contributed by atoms with Crippen LogP contribution in [0.25, 0.3) is 0 Å². The van der Waals surface area contributed by atoms with E-state index >= 15 is 0 Å². The number of hydrogen-bond acceptors (Lipinski definition) is 8. The highest BCUT2D eigenvalue weighted by atomic mass is 16.7. The quantitative estimate of drug-likeness (QED) is 0.703. The highest BCUT2D eigenvalue weighted by molar-refractivity contribution is 5.89. The van der Waals surface area contributed by atoms with Gasteiger partial charge in [-0.3, -0.25) is 4.90 Å². The topological polar surface area (TPSA) is 70.2 Å². The van der Waals surface area contributed by atoms with Crippen molar-refractivity contribution >= 4 is 11.7 Å². The zero-order chi connectivity index (χ0) is 21.8. The maximum atomic E-state index is 12.2. The Labute approximate surface area is 189 Å². The average Bonchev–Trinajstić information content (AvgIpc) is 3.09. The molecule has 1 N–H and O–H groups in total. The zero-order valence-corrected chi connectivity index (χ0v) is 18.4. The van der Waals surface area contributed by atoms with Crippen molar-refractivity contribution in [2.24, 2.45) is 0 Å². The average molecular weight is 438 g/mol. The Morgan fingerprint density at radius 2 is 1.78 bits per heavy atom. The molecule has 5 rings (SSSR count). The molecule has 0 spiro atoms. The highest BCUT2D eigenvalue weighted by Crippen LogP contribution is 2.33. The molecule has 0 radical (unpaired) electrons. The second kappa shape index (κ2) is 9.85. The van der Waals surface area contributed by atoms with Gasteiger partial charge in [0, 0.05) is 75.8 Å². The SMILES string of the molecule is O=C(ON1CCN(CCOc2cc(N3C4CCC3CNC4)ccn2)CC1)c1ccccc1. The van der Waals surface area contributed by atoms with Gasteiger partial charge in [-0.05, 0) is 31.0 Å². The molecule has 32 heavy (non-hydrogen) atoms. The van der Waals surface area contributed by atoms with Gasteiger partial charge in [-0.15, -0.1) is 5.06 Å². The van der Waals surface area contributed by atoms with Gasteiger partial charge in [-0.2, -0.15) is 0 Å². The van der Waals surface area contributed by atoms with E-state index in [-0.39, 0.29) is 5.97 Å². The normalized spacial score (nSPS) is 23.8. The number of nitrogens with zero attached hydrogens (tertiary/aromatic N) is 4. The number of rotatable bonds is 7. The maximum Gasteiger partial charge on any atom is 0.357 e. The van der Waals surface area contributed by atoms with Crippen molar-refractivity contribution in [3.8, 4) is 5.88 Å². The summed E-state index contributed by atoms with van der Waals surface area (Å²) in [7, 11) is 0. The lowest BCUT2D eigenvalue weighted by atomic mass is 10.2. The number of anilines is 1. The van der Waals surface area contributed by atoms with Gasteiger partial charge in [0.1, 0.15) is 6.61 Å². The number of hydroxylamine groups is 2. The Balaban J connectivity index is 1.05. The minimum atomic E-state index is -0.300. The molecule has 2 bridgehead atoms. The standard InChI is InChI=1S/C24H31N5O3/c30-24(19-4-2-1-3-5-19)32-28-12-10-27(11-13-28)14-15-31-23-16-20(8-9-26-23)29-21-6-7-22(29)18-25-17-21/h1-5,8-9,16,21-22,25H,6-7,10-15,17-18H2. The molecular formula is C24H31N5O3. The molecule has 8 nitrogen and oxygen atoms in total. The van der Waals surface area contributed by atoms with E-state index in [4.69, 9.17) is 9.57 Å². The molecule has 2 unspecified atom stereocenters. The van der Waals surface area contributed by atoms with Crippen LogP contribution in [0, 0.1) is 0 Å². The molecule has 1 aromatic heterocycles. The molecule has 3 fully saturated rings. The lowest BCUT2D eigenvalue weighted by Gasteiger charge is -2.37. The third kappa shape index (κ3) is 4.87. The molecular weight excluding hydrogens is 406 g/mol. The molecule has 3 aliphatic rings. The van der Waals surface area contributed by atoms with Crippen LogP contribution in [0.1, 0.15) is 23.2 Å². The van der Waals surface area contributed by atoms with Crippen LogP contribution < -0.4 is 15.0 Å². The Morgan fingerprint density at radius 3 is 2.53 bits per heavy atom. The van der Waals surface area contributed by atoms with Crippen LogP contribution in [0.3, 0.4) is 0 Å². The Hall–Kier alpha value is -2.68. The van der Waals surface area contributed by atoms with Gasteiger partial charge < -0.3 is 19.8 Å². The van der Waals surface area contributed by atoms with E-state index < -0.39 is 0 Å². The summed E-state index contributed by atoms with van der Waals surface area (Å²) in [4.78, 5) is 27.0. The number of carbonyl (C=O) groups is 1. The van der Waals surface area contributed by atoms with Crippen LogP contribution in [0.15, 0.2) is 48.7 Å². The van der Waals surface area contributed by atoms with Crippen LogP contribution in [0.2, 0.25) is 0 Å². The van der Waals surface area contributed by atoms with Gasteiger partial charge in [0.05, 0.1) is 5.56 Å². The summed E-state index contributed by atoms with van der Waals surface area (Å²) in [5, 5.41) is 5.28. The summed E-state index contributed by atoms with van der Waals surface area (Å²) in [6, 6.07) is 14.4. The number of hydrogen-bond donors (Lipinski definition) is 1. The van der Waals surface area contributed by atoms with Crippen molar-refractivity contribution in [1.82, 2.24) is 20.3 Å². The zero-order valence-electron chi connectivity index (χ0n) is 18.4. The smallest absolute Gasteiger partial charge is 0.357 e. The van der Waals surface area contributed by atoms with E-state index in [9.17, 15) is 4.79 Å². The number of nitrogens with one attached hydrogen (secondary N) is 1. The minimum absolute atomic E-state index is 0.300. The number of benzene rings is 1. The fourth-order valence-electron chi connectivity index (χ4n) is 4.91. The van der Waals surface area contributed by atoms with Crippen LogP contribution in [0.5, 0.6) is 5.88 Å². The Kier molecular flexibility index (Phi) is 6.52. The van der Waals surface area contributed by atoms with Crippen LogP contribution in [-0.4, -0.2) is 85.4 Å². The molecule has 2 atom stereocenters. The number of ether oxygens (including phenoxy) is 1. The summed E-state index contributed by atoms with van der Waals surface area (Å²) in [6.07, 6.45) is 4.36. The molecule has 3 saturated heterocycles. The molecule has 0 amide bonds. The van der Waals surface area contributed by atoms with Gasteiger partial charge >= 0.3 is 5.97 Å². The first-order chi connectivity index (χ1) is 15.8. The van der Waals surface area contributed by atoms with E-state index in [1.54, 1.807) is 17.2 Å². The molecule has 170 valence electrons. The van der Waals surface area contributed by atoms with Crippen molar-refractivity contribution in [2.45, 2.75) is 24.9 Å². The summed E-state index contributed by atoms with van der Waals surface area (Å²) < 4.78 is 5.99. The monoisotopic (exact) mass is 437 g/mol. The molecule has 8 heteroatoms. The van der Waals surface area contributed by atoms with Gasteiger partial charge in [-0.1, -0.05) is 18.2 Å². The fraction of sp³-hybridized carbons (Fsp3) is 0.500. The first kappa shape index (κ1) is 21.2. The van der Waals surface area contributed by atoms with E-state index in [2.05, 4.69) is 32.2 Å². The summed E-state index contributed by atoms with van der Waals surface area (Å²) >= 11 is 0. The first-order valence-electron chi connectivity index (χ1n) is 11.6. The second-order valence-corrected chi connectivity index (χ2v) is 8.67. The van der Waals surface area contributed by atoms with E-state index in [0.29, 0.717) is 43.2 Å². The minimum Gasteiger partial charge on any atom is -0.476 e. The van der Waals surface area contributed by atoms with Crippen molar-refractivity contribution in [2.75, 3.05) is 57.3 Å². The number of aromatic nitrogens is 1. The lowest BCUT2D eigenvalue weighted by Crippen LogP contribution is -2.52. The molecule has 0 aliphatic carbocycles. The number of pyridine rings is 1. The van der Waals surface area contributed by atoms with Gasteiger partial charge in [0.2, 0.25) is 5.88 Å². The second-order valence-electron chi connectivity index (χ2n) is 8.67. The maximum absolute atomic E-state index is 12.2. The van der Waals surface area contributed by atoms with E-state index in [1.165, 1.54) is 18.5 Å². The summed E-state index contributed by atoms with van der Waals surface area (Å²) in [5.41, 5.74) is 1.80. The summed E-state index contributed by atoms with van der Waals surface area (Å²) in [5.74, 6) is 0.391. The van der Waals surface area contributed by atoms with Crippen molar-refractivity contribution < 1.29 is 14.4 Å². The first-order valence-corrected chi connectivity index (χ1v) is 11.6. The molecule has 4 heterocycles. The number of fused-ring (bicyclic) bond motifs is 2. The van der Waals surface area contributed by atoms with Crippen molar-refractivity contribution in [3.05, 3.63) is 54.2 Å². The van der Waals surface area contributed by atoms with Gasteiger partial charge in [0.15, 0.2) is 0 Å². The largest absolute Gasteiger partial charge is 0.476 e. The van der Waals surface area contributed by atoms with Gasteiger partial charge in [-0.25, -0.2) is 9.78 Å². The molecule has 1 aromatic carbocycles. The Morgan fingerprint density at radius 1 is 1.03 bits per heavy atom. The van der Waals surface area contributed by atoms with E-state index in [1.807, 2.05) is 24.4 Å². The van der Waals surface area contributed by atoms with Crippen molar-refractivity contribution in [3.63, 3.8) is 0 Å². The number of carbonyl (C=O) groups excluding carboxylic acids is 1.